The molecule has 3 atom stereocenters. The lowest BCUT2D eigenvalue weighted by Crippen LogP contribution is -2.51. The summed E-state index contributed by atoms with van der Waals surface area (Å²) < 4.78 is 23.0. The maximum absolute atomic E-state index is 12.7. The van der Waals surface area contributed by atoms with Gasteiger partial charge in [-0.25, -0.2) is 4.79 Å². The summed E-state index contributed by atoms with van der Waals surface area (Å²) in [7, 11) is 1.65. The highest BCUT2D eigenvalue weighted by molar-refractivity contribution is 5.89. The second kappa shape index (κ2) is 11.2. The van der Waals surface area contributed by atoms with Crippen LogP contribution in [0.15, 0.2) is 36.4 Å². The molecule has 0 spiro atoms. The molecule has 0 aromatic heterocycles. The van der Waals surface area contributed by atoms with E-state index in [0.29, 0.717) is 26.1 Å². The smallest absolute Gasteiger partial charge is 0.410 e. The van der Waals surface area contributed by atoms with Crippen LogP contribution in [0.1, 0.15) is 32.8 Å². The third-order valence-electron chi connectivity index (χ3n) is 5.35. The molecule has 2 aromatic rings. The van der Waals surface area contributed by atoms with Crippen LogP contribution in [0.5, 0.6) is 5.75 Å². The summed E-state index contributed by atoms with van der Waals surface area (Å²) in [4.78, 5) is 14.3. The summed E-state index contributed by atoms with van der Waals surface area (Å²) >= 11 is 0. The number of likely N-dealkylation sites (tertiary alicyclic amines) is 1. The summed E-state index contributed by atoms with van der Waals surface area (Å²) in [5, 5.41) is 20.8. The van der Waals surface area contributed by atoms with E-state index in [4.69, 9.17) is 24.1 Å². The molecule has 8 nitrogen and oxygen atoms in total. The van der Waals surface area contributed by atoms with E-state index in [2.05, 4.69) is 6.07 Å². The van der Waals surface area contributed by atoms with Gasteiger partial charge >= 0.3 is 6.09 Å². The molecule has 182 valence electrons. The standard InChI is InChI=1S/C25H35NO7/c1-25(2,3)33-24(29)26-12-20(11-21(13-26)32-16-19(28)14-27)31-15-17-9-18-7-5-6-8-22(18)23(10-17)30-4/h5-10,19-21,27-28H,11-16H2,1-4H3/t19-,20?,21?/m1/s1. The molecule has 33 heavy (non-hydrogen) atoms. The van der Waals surface area contributed by atoms with Crippen LogP contribution in [-0.4, -0.2) is 78.5 Å². The second-order valence-corrected chi connectivity index (χ2v) is 9.36. The number of aliphatic hydroxyl groups excluding tert-OH is 2. The number of hydrogen-bond acceptors (Lipinski definition) is 7. The Morgan fingerprint density at radius 3 is 2.52 bits per heavy atom. The molecule has 2 N–H and O–H groups in total. The van der Waals surface area contributed by atoms with E-state index in [1.54, 1.807) is 12.0 Å². The molecule has 1 aliphatic rings. The molecular weight excluding hydrogens is 426 g/mol. The number of nitrogens with zero attached hydrogens (tertiary/aromatic N) is 1. The number of rotatable bonds is 8. The van der Waals surface area contributed by atoms with Crippen molar-refractivity contribution in [3.8, 4) is 5.75 Å². The van der Waals surface area contributed by atoms with Gasteiger partial charge < -0.3 is 34.1 Å². The fraction of sp³-hybridized carbons (Fsp3) is 0.560. The summed E-state index contributed by atoms with van der Waals surface area (Å²) in [6.45, 7) is 6.12. The summed E-state index contributed by atoms with van der Waals surface area (Å²) in [6.07, 6.45) is -1.46. The molecular formula is C25H35NO7. The first-order chi connectivity index (χ1) is 15.7. The zero-order valence-corrected chi connectivity index (χ0v) is 19.8. The number of ether oxygens (including phenoxy) is 4. The highest BCUT2D eigenvalue weighted by atomic mass is 16.6. The Kier molecular flexibility index (Phi) is 8.53. The van der Waals surface area contributed by atoms with Gasteiger partial charge in [0.2, 0.25) is 0 Å². The van der Waals surface area contributed by atoms with E-state index in [1.165, 1.54) is 0 Å². The van der Waals surface area contributed by atoms with Gasteiger partial charge in [-0.2, -0.15) is 0 Å². The van der Waals surface area contributed by atoms with Crippen molar-refractivity contribution < 1.29 is 34.0 Å². The highest BCUT2D eigenvalue weighted by Gasteiger charge is 2.34. The Morgan fingerprint density at radius 2 is 1.85 bits per heavy atom. The van der Waals surface area contributed by atoms with Gasteiger partial charge in [0.15, 0.2) is 0 Å². The number of carbonyl (C=O) groups is 1. The van der Waals surface area contributed by atoms with Gasteiger partial charge in [0.25, 0.3) is 0 Å². The quantitative estimate of drug-likeness (QED) is 0.623. The molecule has 1 amide bonds. The molecule has 1 saturated heterocycles. The first-order valence-corrected chi connectivity index (χ1v) is 11.2. The predicted octanol–water partition coefficient (Wildman–Crippen LogP) is 3.11. The van der Waals surface area contributed by atoms with Gasteiger partial charge in [0.1, 0.15) is 17.5 Å². The second-order valence-electron chi connectivity index (χ2n) is 9.36. The van der Waals surface area contributed by atoms with Crippen molar-refractivity contribution in [1.82, 2.24) is 4.90 Å². The minimum absolute atomic E-state index is 0.0160. The Bertz CT molecular complexity index is 927. The number of aliphatic hydroxyl groups is 2. The van der Waals surface area contributed by atoms with Crippen molar-refractivity contribution in [2.24, 2.45) is 0 Å². The van der Waals surface area contributed by atoms with Crippen LogP contribution in [0, 0.1) is 0 Å². The van der Waals surface area contributed by atoms with Gasteiger partial charge in [-0.3, -0.25) is 0 Å². The number of fused-ring (bicyclic) bond motifs is 1. The van der Waals surface area contributed by atoms with Crippen LogP contribution < -0.4 is 4.74 Å². The van der Waals surface area contributed by atoms with E-state index in [-0.39, 0.29) is 25.4 Å². The molecule has 3 rings (SSSR count). The Balaban J connectivity index is 1.70. The monoisotopic (exact) mass is 461 g/mol. The molecule has 8 heteroatoms. The molecule has 0 aliphatic carbocycles. The van der Waals surface area contributed by atoms with Crippen LogP contribution in [0.2, 0.25) is 0 Å². The van der Waals surface area contributed by atoms with E-state index < -0.39 is 17.8 Å². The minimum atomic E-state index is -0.966. The maximum Gasteiger partial charge on any atom is 0.410 e. The summed E-state index contributed by atoms with van der Waals surface area (Å²) in [6, 6.07) is 12.0. The first-order valence-electron chi connectivity index (χ1n) is 11.2. The number of benzene rings is 2. The lowest BCUT2D eigenvalue weighted by atomic mass is 10.0. The normalized spacial score (nSPS) is 20.0. The predicted molar refractivity (Wildman–Crippen MR) is 124 cm³/mol. The van der Waals surface area contributed by atoms with E-state index in [0.717, 1.165) is 22.1 Å². The van der Waals surface area contributed by atoms with Crippen LogP contribution in [0.25, 0.3) is 10.8 Å². The fourth-order valence-corrected chi connectivity index (χ4v) is 3.83. The zero-order valence-electron chi connectivity index (χ0n) is 19.8. The van der Waals surface area contributed by atoms with Crippen LogP contribution in [0.3, 0.4) is 0 Å². The molecule has 2 aromatic carbocycles. The Hall–Kier alpha value is -2.39. The molecule has 1 heterocycles. The Morgan fingerprint density at radius 1 is 1.15 bits per heavy atom. The van der Waals surface area contributed by atoms with Crippen molar-refractivity contribution >= 4 is 16.9 Å². The molecule has 1 fully saturated rings. The van der Waals surface area contributed by atoms with Gasteiger partial charge in [-0.05, 0) is 43.9 Å². The third kappa shape index (κ3) is 7.30. The fourth-order valence-electron chi connectivity index (χ4n) is 3.83. The average molecular weight is 462 g/mol. The number of amides is 1. The van der Waals surface area contributed by atoms with Gasteiger partial charge in [0.05, 0.1) is 52.2 Å². The van der Waals surface area contributed by atoms with E-state index in [1.807, 2.05) is 51.1 Å². The minimum Gasteiger partial charge on any atom is -0.496 e. The molecule has 0 bridgehead atoms. The molecule has 0 saturated carbocycles. The van der Waals surface area contributed by atoms with Crippen LogP contribution in [0.4, 0.5) is 4.79 Å². The zero-order chi connectivity index (χ0) is 24.0. The van der Waals surface area contributed by atoms with Gasteiger partial charge in [0, 0.05) is 11.8 Å². The Labute approximate surface area is 195 Å². The molecule has 0 radical (unpaired) electrons. The van der Waals surface area contributed by atoms with Gasteiger partial charge in [-0.15, -0.1) is 0 Å². The molecule has 1 aliphatic heterocycles. The van der Waals surface area contributed by atoms with Crippen molar-refractivity contribution in [2.75, 3.05) is 33.4 Å². The number of hydrogen-bond donors (Lipinski definition) is 2. The van der Waals surface area contributed by atoms with E-state index in [9.17, 15) is 9.90 Å². The van der Waals surface area contributed by atoms with Crippen molar-refractivity contribution in [3.63, 3.8) is 0 Å². The SMILES string of the molecule is COc1cc(COC2CC(OC[C@H](O)CO)CN(C(=O)OC(C)(C)C)C2)cc2ccccc12. The third-order valence-corrected chi connectivity index (χ3v) is 5.35. The van der Waals surface area contributed by atoms with Crippen molar-refractivity contribution in [1.29, 1.82) is 0 Å². The van der Waals surface area contributed by atoms with Crippen molar-refractivity contribution in [3.05, 3.63) is 42.0 Å². The number of carbonyl (C=O) groups excluding carboxylic acids is 1. The van der Waals surface area contributed by atoms with Crippen molar-refractivity contribution in [2.45, 2.75) is 57.7 Å². The molecule has 2 unspecified atom stereocenters. The summed E-state index contributed by atoms with van der Waals surface area (Å²) in [5.41, 5.74) is 0.351. The largest absolute Gasteiger partial charge is 0.496 e. The van der Waals surface area contributed by atoms with E-state index >= 15 is 0 Å². The van der Waals surface area contributed by atoms with Crippen LogP contribution in [-0.2, 0) is 20.8 Å². The van der Waals surface area contributed by atoms with Gasteiger partial charge in [-0.1, -0.05) is 24.3 Å². The lowest BCUT2D eigenvalue weighted by Gasteiger charge is -2.38. The highest BCUT2D eigenvalue weighted by Crippen LogP contribution is 2.28. The maximum atomic E-state index is 12.7. The summed E-state index contributed by atoms with van der Waals surface area (Å²) in [5.74, 6) is 0.782. The van der Waals surface area contributed by atoms with Crippen LogP contribution >= 0.6 is 0 Å². The lowest BCUT2D eigenvalue weighted by molar-refractivity contribution is -0.0971. The average Bonchev–Trinajstić information content (AvgIpc) is 2.79. The first kappa shape index (κ1) is 25.2. The topological polar surface area (TPSA) is 97.7 Å². The number of methoxy groups -OCH3 is 1. The number of piperidine rings is 1.